The van der Waals surface area contributed by atoms with E-state index in [1.54, 1.807) is 6.08 Å². The summed E-state index contributed by atoms with van der Waals surface area (Å²) in [6, 6.07) is 6.57. The van der Waals surface area contributed by atoms with E-state index in [9.17, 15) is 4.79 Å². The summed E-state index contributed by atoms with van der Waals surface area (Å²) in [7, 11) is 3.70. The van der Waals surface area contributed by atoms with E-state index < -0.39 is 0 Å². The zero-order valence-electron chi connectivity index (χ0n) is 20.2. The topological polar surface area (TPSA) is 57.4 Å². The van der Waals surface area contributed by atoms with Gasteiger partial charge in [0.05, 0.1) is 7.11 Å². The number of aromatic amines is 1. The molecule has 0 bridgehead atoms. The van der Waals surface area contributed by atoms with Crippen molar-refractivity contribution in [2.45, 2.75) is 71.5 Å². The predicted octanol–water partition coefficient (Wildman–Crippen LogP) is 5.10. The minimum atomic E-state index is -0.170. The van der Waals surface area contributed by atoms with Crippen LogP contribution in [0, 0.1) is 13.8 Å². The zero-order chi connectivity index (χ0) is 23.0. The molecule has 2 heterocycles. The largest absolute Gasteiger partial charge is 0.491 e. The first-order valence-electron chi connectivity index (χ1n) is 11.0. The maximum Gasteiger partial charge on any atom is 0.286 e. The molecule has 0 atom stereocenters. The molecular formula is C26H37N3O2. The third-order valence-corrected chi connectivity index (χ3v) is 6.87. The standard InChI is InChI=1S/C26H37N3O2/c1-17-12-19-14-20(27-22(19)13-18(17)2)10-9-11-23(31-8)24(30)28-21-15-25(3,4)29(7)26(5,6)16-21/h9-14,21,27H,15-16H2,1-8H3,(H,28,30)/b10-9+,23-11-. The van der Waals surface area contributed by atoms with E-state index >= 15 is 0 Å². The lowest BCUT2D eigenvalue weighted by Gasteiger charge is -2.53. The van der Waals surface area contributed by atoms with Crippen molar-refractivity contribution >= 4 is 22.9 Å². The van der Waals surface area contributed by atoms with Crippen LogP contribution in [0.25, 0.3) is 17.0 Å². The molecule has 0 unspecified atom stereocenters. The molecule has 2 aromatic rings. The monoisotopic (exact) mass is 423 g/mol. The summed E-state index contributed by atoms with van der Waals surface area (Å²) in [6.45, 7) is 13.1. The lowest BCUT2D eigenvalue weighted by atomic mass is 9.77. The summed E-state index contributed by atoms with van der Waals surface area (Å²) >= 11 is 0. The number of nitrogens with zero attached hydrogens (tertiary/aromatic N) is 1. The van der Waals surface area contributed by atoms with Crippen LogP contribution in [0.5, 0.6) is 0 Å². The Kier molecular flexibility index (Phi) is 6.38. The van der Waals surface area contributed by atoms with Gasteiger partial charge in [-0.3, -0.25) is 9.69 Å². The molecule has 31 heavy (non-hydrogen) atoms. The number of likely N-dealkylation sites (tertiary alicyclic amines) is 1. The van der Waals surface area contributed by atoms with Crippen LogP contribution < -0.4 is 5.32 Å². The Morgan fingerprint density at radius 2 is 1.74 bits per heavy atom. The van der Waals surface area contributed by atoms with Crippen LogP contribution in [0.3, 0.4) is 0 Å². The molecule has 1 aliphatic rings. The molecule has 1 aromatic carbocycles. The number of benzene rings is 1. The number of carbonyl (C=O) groups is 1. The van der Waals surface area contributed by atoms with E-state index in [2.05, 4.69) is 82.0 Å². The Balaban J connectivity index is 1.70. The first kappa shape index (κ1) is 23.1. The van der Waals surface area contributed by atoms with E-state index in [1.165, 1.54) is 23.6 Å². The Hall–Kier alpha value is -2.53. The fourth-order valence-electron chi connectivity index (χ4n) is 4.72. The summed E-state index contributed by atoms with van der Waals surface area (Å²) in [5.41, 5.74) is 4.69. The number of allylic oxidation sites excluding steroid dienone is 2. The van der Waals surface area contributed by atoms with Gasteiger partial charge >= 0.3 is 0 Å². The summed E-state index contributed by atoms with van der Waals surface area (Å²) in [5, 5.41) is 4.37. The van der Waals surface area contributed by atoms with E-state index in [1.807, 2.05) is 12.2 Å². The van der Waals surface area contributed by atoms with Gasteiger partial charge in [0, 0.05) is 33.7 Å². The molecule has 3 rings (SSSR count). The van der Waals surface area contributed by atoms with Crippen LogP contribution >= 0.6 is 0 Å². The molecule has 5 nitrogen and oxygen atoms in total. The van der Waals surface area contributed by atoms with E-state index in [4.69, 9.17) is 4.74 Å². The molecule has 0 spiro atoms. The number of aryl methyl sites for hydroxylation is 2. The average molecular weight is 424 g/mol. The second kappa shape index (κ2) is 8.54. The molecule has 1 fully saturated rings. The first-order valence-corrected chi connectivity index (χ1v) is 11.0. The van der Waals surface area contributed by atoms with Gasteiger partial charge < -0.3 is 15.0 Å². The molecule has 5 heteroatoms. The highest BCUT2D eigenvalue weighted by molar-refractivity contribution is 5.92. The van der Waals surface area contributed by atoms with Crippen LogP contribution in [0.4, 0.5) is 0 Å². The predicted molar refractivity (Wildman–Crippen MR) is 129 cm³/mol. The Labute approximate surface area is 186 Å². The number of amides is 1. The number of methoxy groups -OCH3 is 1. The second-order valence-corrected chi connectivity index (χ2v) is 10.1. The third-order valence-electron chi connectivity index (χ3n) is 6.87. The summed E-state index contributed by atoms with van der Waals surface area (Å²) < 4.78 is 5.38. The molecule has 168 valence electrons. The van der Waals surface area contributed by atoms with Gasteiger partial charge in [-0.25, -0.2) is 0 Å². The van der Waals surface area contributed by atoms with Crippen LogP contribution in [-0.4, -0.2) is 47.1 Å². The molecule has 0 radical (unpaired) electrons. The van der Waals surface area contributed by atoms with E-state index in [0.717, 1.165) is 24.1 Å². The lowest BCUT2D eigenvalue weighted by molar-refractivity contribution is -0.122. The van der Waals surface area contributed by atoms with Crippen molar-refractivity contribution in [2.75, 3.05) is 14.2 Å². The third kappa shape index (κ3) is 5.04. The summed E-state index contributed by atoms with van der Waals surface area (Å²) in [4.78, 5) is 18.7. The fraction of sp³-hybridized carbons (Fsp3) is 0.500. The summed E-state index contributed by atoms with van der Waals surface area (Å²) in [5.74, 6) is 0.143. The number of piperidine rings is 1. The van der Waals surface area contributed by atoms with Gasteiger partial charge in [0.1, 0.15) is 0 Å². The highest BCUT2D eigenvalue weighted by atomic mass is 16.5. The quantitative estimate of drug-likeness (QED) is 0.400. The molecule has 1 amide bonds. The lowest BCUT2D eigenvalue weighted by Crippen LogP contribution is -2.62. The molecular weight excluding hydrogens is 386 g/mol. The molecule has 2 N–H and O–H groups in total. The van der Waals surface area contributed by atoms with Crippen molar-refractivity contribution in [2.24, 2.45) is 0 Å². The average Bonchev–Trinajstić information content (AvgIpc) is 3.04. The fourth-order valence-corrected chi connectivity index (χ4v) is 4.72. The van der Waals surface area contributed by atoms with Crippen molar-refractivity contribution in [1.82, 2.24) is 15.2 Å². The van der Waals surface area contributed by atoms with Crippen LogP contribution in [0.15, 0.2) is 36.1 Å². The Bertz CT molecular complexity index is 970. The van der Waals surface area contributed by atoms with Gasteiger partial charge in [-0.15, -0.1) is 0 Å². The van der Waals surface area contributed by atoms with Crippen molar-refractivity contribution < 1.29 is 9.53 Å². The van der Waals surface area contributed by atoms with E-state index in [0.29, 0.717) is 5.76 Å². The Morgan fingerprint density at radius 3 is 2.35 bits per heavy atom. The molecule has 1 saturated heterocycles. The number of aromatic nitrogens is 1. The number of nitrogens with one attached hydrogen (secondary N) is 2. The highest BCUT2D eigenvalue weighted by Crippen LogP contribution is 2.36. The normalized spacial score (nSPS) is 19.8. The SMILES string of the molecule is CO/C(=C\C=C\c1cc2cc(C)c(C)cc2[nH]1)C(=O)NC1CC(C)(C)N(C)C(C)(C)C1. The van der Waals surface area contributed by atoms with E-state index in [-0.39, 0.29) is 23.0 Å². The van der Waals surface area contributed by atoms with Gasteiger partial charge in [-0.1, -0.05) is 6.08 Å². The number of H-pyrrole nitrogens is 1. The molecule has 1 aromatic heterocycles. The van der Waals surface area contributed by atoms with Crippen molar-refractivity contribution in [1.29, 1.82) is 0 Å². The number of rotatable bonds is 5. The van der Waals surface area contributed by atoms with Gasteiger partial charge in [-0.2, -0.15) is 0 Å². The minimum absolute atomic E-state index is 0.0167. The number of hydrogen-bond donors (Lipinski definition) is 2. The van der Waals surface area contributed by atoms with Crippen molar-refractivity contribution in [3.63, 3.8) is 0 Å². The number of fused-ring (bicyclic) bond motifs is 1. The number of hydrogen-bond acceptors (Lipinski definition) is 3. The van der Waals surface area contributed by atoms with Crippen molar-refractivity contribution in [3.05, 3.63) is 52.9 Å². The molecule has 1 aliphatic heterocycles. The summed E-state index contributed by atoms with van der Waals surface area (Å²) in [6.07, 6.45) is 7.34. The zero-order valence-corrected chi connectivity index (χ0v) is 20.2. The van der Waals surface area contributed by atoms with Gasteiger partial charge in [-0.05, 0) is 103 Å². The highest BCUT2D eigenvalue weighted by Gasteiger charge is 2.43. The number of ether oxygens (including phenoxy) is 1. The smallest absolute Gasteiger partial charge is 0.286 e. The van der Waals surface area contributed by atoms with Crippen molar-refractivity contribution in [3.8, 4) is 0 Å². The maximum atomic E-state index is 12.8. The van der Waals surface area contributed by atoms with Crippen LogP contribution in [0.1, 0.15) is 57.4 Å². The van der Waals surface area contributed by atoms with Gasteiger partial charge in [0.15, 0.2) is 5.76 Å². The molecule has 0 aliphatic carbocycles. The maximum absolute atomic E-state index is 12.8. The van der Waals surface area contributed by atoms with Gasteiger partial charge in [0.2, 0.25) is 0 Å². The number of carbonyl (C=O) groups excluding carboxylic acids is 1. The van der Waals surface area contributed by atoms with Crippen LogP contribution in [-0.2, 0) is 9.53 Å². The second-order valence-electron chi connectivity index (χ2n) is 10.1. The minimum Gasteiger partial charge on any atom is -0.491 e. The van der Waals surface area contributed by atoms with Gasteiger partial charge in [0.25, 0.3) is 5.91 Å². The van der Waals surface area contributed by atoms with Crippen LogP contribution in [0.2, 0.25) is 0 Å². The first-order chi connectivity index (χ1) is 14.4. The molecule has 0 saturated carbocycles. The Morgan fingerprint density at radius 1 is 1.13 bits per heavy atom.